The summed E-state index contributed by atoms with van der Waals surface area (Å²) in [5.41, 5.74) is 0. The summed E-state index contributed by atoms with van der Waals surface area (Å²) in [6.07, 6.45) is 0.986. The van der Waals surface area contributed by atoms with Crippen molar-refractivity contribution in [3.05, 3.63) is 18.8 Å². The number of aliphatic hydroxyl groups excluding tert-OH is 1. The Hall–Kier alpha value is -0.370. The zero-order valence-electron chi connectivity index (χ0n) is 3.32. The summed E-state index contributed by atoms with van der Waals surface area (Å²) in [4.78, 5) is 0. The van der Waals surface area contributed by atoms with E-state index in [1.807, 2.05) is 0 Å². The summed E-state index contributed by atoms with van der Waals surface area (Å²) >= 11 is 0. The molecule has 0 unspecified atom stereocenters. The molecule has 0 rings (SSSR count). The fourth-order valence-electron chi connectivity index (χ4n) is 0.0991. The molecule has 0 aromatic carbocycles. The van der Waals surface area contributed by atoms with E-state index in [4.69, 9.17) is 5.11 Å². The summed E-state index contributed by atoms with van der Waals surface area (Å²) in [7, 11) is 0. The number of rotatable bonds is 1. The van der Waals surface area contributed by atoms with Crippen molar-refractivity contribution in [1.29, 1.82) is 0 Å². The third kappa shape index (κ3) is 3.63. The van der Waals surface area contributed by atoms with Crippen molar-refractivity contribution in [2.24, 2.45) is 0 Å². The smallest absolute Gasteiger partial charge is 0.0986 e. The minimum atomic E-state index is -0.586. The summed E-state index contributed by atoms with van der Waals surface area (Å²) in [5, 5.41) is 7.88. The highest BCUT2D eigenvalue weighted by Gasteiger charge is 1.73. The molecule has 35 valence electrons. The van der Waals surface area contributed by atoms with Crippen LogP contribution in [0.25, 0.3) is 0 Å². The minimum Gasteiger partial charge on any atom is -0.392 e. The predicted octanol–water partition coefficient (Wildman–Crippen LogP) is 0.666. The molecule has 1 nitrogen and oxygen atoms in total. The van der Waals surface area contributed by atoms with Gasteiger partial charge in [-0.25, -0.2) is 4.39 Å². The van der Waals surface area contributed by atoms with Gasteiger partial charge in [0.2, 0.25) is 0 Å². The Bertz CT molecular complexity index is 54.6. The highest BCUT2D eigenvalue weighted by atomic mass is 19.1. The van der Waals surface area contributed by atoms with Crippen molar-refractivity contribution in [2.45, 2.75) is 0 Å². The molecular formula is C4H6FO. The maximum absolute atomic E-state index is 11.3. The molecule has 0 fully saturated rings. The monoisotopic (exact) mass is 89.0 g/mol. The summed E-state index contributed by atoms with van der Waals surface area (Å²) in [6, 6.07) is 0. The van der Waals surface area contributed by atoms with E-state index >= 15 is 0 Å². The molecule has 1 radical (unpaired) electrons. The van der Waals surface area contributed by atoms with Gasteiger partial charge in [0.1, 0.15) is 0 Å². The van der Waals surface area contributed by atoms with Crippen LogP contribution in [-0.2, 0) is 0 Å². The van der Waals surface area contributed by atoms with E-state index in [1.165, 1.54) is 0 Å². The molecule has 6 heavy (non-hydrogen) atoms. The molecule has 0 heterocycles. The lowest BCUT2D eigenvalue weighted by molar-refractivity contribution is 0.339. The first-order valence-corrected chi connectivity index (χ1v) is 1.56. The van der Waals surface area contributed by atoms with E-state index in [-0.39, 0.29) is 6.61 Å². The van der Waals surface area contributed by atoms with Crippen molar-refractivity contribution < 1.29 is 9.50 Å². The molecule has 0 spiro atoms. The van der Waals surface area contributed by atoms with Crippen LogP contribution in [0.15, 0.2) is 11.9 Å². The Labute approximate surface area is 36.1 Å². The Kier molecular flexibility index (Phi) is 2.67. The number of hydrogen-bond donors (Lipinski definition) is 1. The molecule has 0 aliphatic carbocycles. The minimum absolute atomic E-state index is 0.269. The Morgan fingerprint density at radius 2 is 2.50 bits per heavy atom. The first kappa shape index (κ1) is 5.63. The molecular weight excluding hydrogens is 83.0 g/mol. The van der Waals surface area contributed by atoms with Crippen molar-refractivity contribution in [3.8, 4) is 0 Å². The normalized spacial score (nSPS) is 12.2. The van der Waals surface area contributed by atoms with Gasteiger partial charge in [0.25, 0.3) is 0 Å². The van der Waals surface area contributed by atoms with E-state index in [0.717, 1.165) is 6.08 Å². The summed E-state index contributed by atoms with van der Waals surface area (Å²) < 4.78 is 11.3. The fourth-order valence-corrected chi connectivity index (χ4v) is 0.0991. The van der Waals surface area contributed by atoms with Crippen LogP contribution in [-0.4, -0.2) is 11.7 Å². The largest absolute Gasteiger partial charge is 0.392 e. The first-order valence-electron chi connectivity index (χ1n) is 1.56. The second-order valence-corrected chi connectivity index (χ2v) is 0.834. The summed E-state index contributed by atoms with van der Waals surface area (Å²) in [5.74, 6) is -0.586. The summed E-state index contributed by atoms with van der Waals surface area (Å²) in [6.45, 7) is 2.59. The van der Waals surface area contributed by atoms with Crippen LogP contribution in [0, 0.1) is 6.92 Å². The standard InChI is InChI=1S/C4H6FO/c1-4(5)2-3-6/h2,6H,1,3H2. The van der Waals surface area contributed by atoms with Crippen LogP contribution in [0.4, 0.5) is 4.39 Å². The predicted molar refractivity (Wildman–Crippen MR) is 21.6 cm³/mol. The SMILES string of the molecule is [CH2]C(F)=CCO. The van der Waals surface area contributed by atoms with Gasteiger partial charge in [0.15, 0.2) is 0 Å². The van der Waals surface area contributed by atoms with E-state index in [1.54, 1.807) is 0 Å². The average molecular weight is 89.1 g/mol. The fraction of sp³-hybridized carbons (Fsp3) is 0.250. The van der Waals surface area contributed by atoms with Crippen molar-refractivity contribution >= 4 is 0 Å². The van der Waals surface area contributed by atoms with Crippen LogP contribution in [0.3, 0.4) is 0 Å². The molecule has 0 atom stereocenters. The Morgan fingerprint density at radius 1 is 2.00 bits per heavy atom. The molecule has 0 amide bonds. The van der Waals surface area contributed by atoms with E-state index in [2.05, 4.69) is 6.92 Å². The van der Waals surface area contributed by atoms with Crippen molar-refractivity contribution in [3.63, 3.8) is 0 Å². The molecule has 0 saturated heterocycles. The topological polar surface area (TPSA) is 20.2 Å². The molecule has 0 saturated carbocycles. The molecule has 0 bridgehead atoms. The van der Waals surface area contributed by atoms with E-state index < -0.39 is 5.83 Å². The van der Waals surface area contributed by atoms with Crippen molar-refractivity contribution in [2.75, 3.05) is 6.61 Å². The lowest BCUT2D eigenvalue weighted by Gasteiger charge is -1.75. The van der Waals surface area contributed by atoms with Gasteiger partial charge in [-0.1, -0.05) is 0 Å². The van der Waals surface area contributed by atoms with E-state index in [9.17, 15) is 4.39 Å². The van der Waals surface area contributed by atoms with Gasteiger partial charge in [-0.2, -0.15) is 0 Å². The molecule has 0 aliphatic rings. The number of allylic oxidation sites excluding steroid dienone is 1. The van der Waals surface area contributed by atoms with E-state index in [0.29, 0.717) is 0 Å². The van der Waals surface area contributed by atoms with Gasteiger partial charge in [-0.15, -0.1) is 0 Å². The second-order valence-electron chi connectivity index (χ2n) is 0.834. The number of halogens is 1. The van der Waals surface area contributed by atoms with Gasteiger partial charge in [0.05, 0.1) is 12.4 Å². The third-order valence-electron chi connectivity index (χ3n) is 0.313. The molecule has 2 heteroatoms. The maximum Gasteiger partial charge on any atom is 0.0986 e. The maximum atomic E-state index is 11.3. The van der Waals surface area contributed by atoms with Gasteiger partial charge in [-0.3, -0.25) is 0 Å². The van der Waals surface area contributed by atoms with Crippen LogP contribution < -0.4 is 0 Å². The zero-order chi connectivity index (χ0) is 4.99. The van der Waals surface area contributed by atoms with Crippen LogP contribution in [0.5, 0.6) is 0 Å². The van der Waals surface area contributed by atoms with Gasteiger partial charge in [-0.05, 0) is 6.08 Å². The van der Waals surface area contributed by atoms with Crippen LogP contribution in [0.2, 0.25) is 0 Å². The highest BCUT2D eigenvalue weighted by molar-refractivity contribution is 4.93. The Morgan fingerprint density at radius 3 is 2.50 bits per heavy atom. The highest BCUT2D eigenvalue weighted by Crippen LogP contribution is 1.87. The molecule has 0 aromatic heterocycles. The Balaban J connectivity index is 3.14. The zero-order valence-corrected chi connectivity index (χ0v) is 3.32. The van der Waals surface area contributed by atoms with Gasteiger partial charge in [0, 0.05) is 6.92 Å². The molecule has 0 aromatic rings. The van der Waals surface area contributed by atoms with Crippen LogP contribution in [0.1, 0.15) is 0 Å². The first-order chi connectivity index (χ1) is 2.77. The molecule has 1 N–H and O–H groups in total. The number of hydrogen-bond acceptors (Lipinski definition) is 1. The lowest BCUT2D eigenvalue weighted by atomic mass is 10.5. The van der Waals surface area contributed by atoms with Crippen molar-refractivity contribution in [1.82, 2.24) is 0 Å². The van der Waals surface area contributed by atoms with Crippen LogP contribution >= 0.6 is 0 Å². The lowest BCUT2D eigenvalue weighted by Crippen LogP contribution is -1.70. The number of aliphatic hydroxyl groups is 1. The second kappa shape index (κ2) is 2.85. The quantitative estimate of drug-likeness (QED) is 0.500. The molecule has 0 aliphatic heterocycles. The average Bonchev–Trinajstić information content (AvgIpc) is 1.35. The van der Waals surface area contributed by atoms with Gasteiger partial charge >= 0.3 is 0 Å². The third-order valence-corrected chi connectivity index (χ3v) is 0.313. The van der Waals surface area contributed by atoms with Gasteiger partial charge < -0.3 is 5.11 Å².